The Morgan fingerprint density at radius 2 is 2.18 bits per heavy atom. The molecular weight excluding hydrogens is 218 g/mol. The molecule has 0 radical (unpaired) electrons. The molecule has 1 unspecified atom stereocenters. The normalized spacial score (nSPS) is 13.5. The average Bonchev–Trinajstić information content (AvgIpc) is 2.35. The van der Waals surface area contributed by atoms with E-state index in [1.54, 1.807) is 23.2 Å². The molecule has 0 saturated heterocycles. The highest BCUT2D eigenvalue weighted by atomic mass is 16.4. The quantitative estimate of drug-likeness (QED) is 0.155. The van der Waals surface area contributed by atoms with E-state index < -0.39 is 0 Å². The van der Waals surface area contributed by atoms with Gasteiger partial charge in [-0.25, -0.2) is 5.84 Å². The number of benzene rings is 1. The molecule has 1 aromatic rings. The third-order valence-electron chi connectivity index (χ3n) is 2.77. The molecule has 6 nitrogen and oxygen atoms in total. The van der Waals surface area contributed by atoms with Gasteiger partial charge in [-0.2, -0.15) is 0 Å². The van der Waals surface area contributed by atoms with Crippen molar-refractivity contribution in [1.82, 2.24) is 0 Å². The highest BCUT2D eigenvalue weighted by molar-refractivity contribution is 5.98. The molecule has 6 heteroatoms. The molecule has 1 rings (SSSR count). The number of hydrogen-bond donors (Lipinski definition) is 4. The molecule has 0 fully saturated rings. The van der Waals surface area contributed by atoms with Crippen LogP contribution < -0.4 is 22.3 Å². The van der Waals surface area contributed by atoms with Crippen LogP contribution in [0.5, 0.6) is 0 Å². The van der Waals surface area contributed by atoms with Crippen LogP contribution in [-0.2, 0) is 0 Å². The molecule has 0 bridgehead atoms. The van der Waals surface area contributed by atoms with Gasteiger partial charge in [0.25, 0.3) is 0 Å². The average molecular weight is 237 g/mol. The summed E-state index contributed by atoms with van der Waals surface area (Å²) in [5.41, 5.74) is 13.2. The van der Waals surface area contributed by atoms with Gasteiger partial charge in [0.15, 0.2) is 5.84 Å². The second-order valence-corrected chi connectivity index (χ2v) is 3.92. The molecule has 0 spiro atoms. The molecule has 1 aromatic carbocycles. The number of nitrogens with two attached hydrogens (primary N) is 3. The predicted octanol–water partition coefficient (Wildman–Crippen LogP) is 0.842. The Hall–Kier alpha value is -1.95. The van der Waals surface area contributed by atoms with Crippen molar-refractivity contribution in [3.8, 4) is 0 Å². The van der Waals surface area contributed by atoms with Gasteiger partial charge in [-0.1, -0.05) is 12.1 Å². The van der Waals surface area contributed by atoms with Crippen molar-refractivity contribution in [1.29, 1.82) is 0 Å². The SMILES string of the molecule is CCC(C)N(N)c1ccc(/C(N)=N/O)cc1N. The second kappa shape index (κ2) is 5.40. The van der Waals surface area contributed by atoms with Gasteiger partial charge in [-0.3, -0.25) is 0 Å². The molecule has 0 heterocycles. The van der Waals surface area contributed by atoms with Crippen LogP contribution in [-0.4, -0.2) is 17.1 Å². The smallest absolute Gasteiger partial charge is 0.170 e. The molecule has 0 amide bonds. The lowest BCUT2D eigenvalue weighted by Gasteiger charge is -2.26. The maximum Gasteiger partial charge on any atom is 0.170 e. The highest BCUT2D eigenvalue weighted by Crippen LogP contribution is 2.24. The number of nitrogen functional groups attached to an aromatic ring is 1. The van der Waals surface area contributed by atoms with Crippen LogP contribution in [0.4, 0.5) is 11.4 Å². The largest absolute Gasteiger partial charge is 0.409 e. The fourth-order valence-electron chi connectivity index (χ4n) is 1.44. The molecule has 0 aliphatic carbocycles. The molecule has 1 atom stereocenters. The second-order valence-electron chi connectivity index (χ2n) is 3.92. The predicted molar refractivity (Wildman–Crippen MR) is 69.8 cm³/mol. The summed E-state index contributed by atoms with van der Waals surface area (Å²) in [7, 11) is 0. The van der Waals surface area contributed by atoms with Gasteiger partial charge in [0.05, 0.1) is 11.4 Å². The molecule has 7 N–H and O–H groups in total. The lowest BCUT2D eigenvalue weighted by Crippen LogP contribution is -2.39. The van der Waals surface area contributed by atoms with Gasteiger partial charge in [-0.15, -0.1) is 0 Å². The third-order valence-corrected chi connectivity index (χ3v) is 2.77. The zero-order chi connectivity index (χ0) is 13.0. The Kier molecular flexibility index (Phi) is 4.17. The van der Waals surface area contributed by atoms with E-state index in [0.29, 0.717) is 11.3 Å². The van der Waals surface area contributed by atoms with E-state index in [9.17, 15) is 0 Å². The van der Waals surface area contributed by atoms with Crippen molar-refractivity contribution < 1.29 is 5.21 Å². The molecule has 0 aromatic heterocycles. The molecule has 0 aliphatic rings. The van der Waals surface area contributed by atoms with Crippen LogP contribution in [0, 0.1) is 0 Å². The minimum atomic E-state index is 0.0235. The molecule has 0 saturated carbocycles. The molecule has 0 aliphatic heterocycles. The van der Waals surface area contributed by atoms with E-state index in [1.165, 1.54) is 0 Å². The Balaban J connectivity index is 3.05. The summed E-state index contributed by atoms with van der Waals surface area (Å²) in [6, 6.07) is 5.29. The van der Waals surface area contributed by atoms with E-state index >= 15 is 0 Å². The van der Waals surface area contributed by atoms with Crippen molar-refractivity contribution in [3.63, 3.8) is 0 Å². The Morgan fingerprint density at radius 3 is 2.65 bits per heavy atom. The fourth-order valence-corrected chi connectivity index (χ4v) is 1.44. The minimum absolute atomic E-state index is 0.0235. The molecular formula is C11H19N5O. The van der Waals surface area contributed by atoms with Crippen LogP contribution >= 0.6 is 0 Å². The van der Waals surface area contributed by atoms with Gasteiger partial charge < -0.3 is 21.7 Å². The molecule has 17 heavy (non-hydrogen) atoms. The number of oxime groups is 1. The number of hydrazine groups is 1. The number of hydrogen-bond acceptors (Lipinski definition) is 5. The van der Waals surface area contributed by atoms with E-state index in [0.717, 1.165) is 12.1 Å². The Labute approximate surface area is 101 Å². The summed E-state index contributed by atoms with van der Waals surface area (Å²) in [6.07, 6.45) is 0.915. The van der Waals surface area contributed by atoms with Crippen LogP contribution in [0.25, 0.3) is 0 Å². The number of nitrogens with zero attached hydrogens (tertiary/aromatic N) is 2. The topological polar surface area (TPSA) is 114 Å². The number of anilines is 2. The van der Waals surface area contributed by atoms with Crippen molar-refractivity contribution in [2.24, 2.45) is 16.7 Å². The van der Waals surface area contributed by atoms with Crippen molar-refractivity contribution in [2.45, 2.75) is 26.3 Å². The minimum Gasteiger partial charge on any atom is -0.409 e. The van der Waals surface area contributed by atoms with Crippen molar-refractivity contribution in [2.75, 3.05) is 10.7 Å². The first-order valence-electron chi connectivity index (χ1n) is 5.42. The molecule has 94 valence electrons. The first kappa shape index (κ1) is 13.1. The Bertz CT molecular complexity index is 418. The number of rotatable bonds is 4. The zero-order valence-electron chi connectivity index (χ0n) is 10.1. The van der Waals surface area contributed by atoms with Crippen molar-refractivity contribution >= 4 is 17.2 Å². The summed E-state index contributed by atoms with van der Waals surface area (Å²) in [5, 5.41) is 13.1. The monoisotopic (exact) mass is 237 g/mol. The van der Waals surface area contributed by atoms with E-state index in [2.05, 4.69) is 5.16 Å². The maximum absolute atomic E-state index is 8.57. The van der Waals surface area contributed by atoms with Crippen molar-refractivity contribution in [3.05, 3.63) is 23.8 Å². The summed E-state index contributed by atoms with van der Waals surface area (Å²) in [6.45, 7) is 4.06. The maximum atomic E-state index is 8.57. The van der Waals surface area contributed by atoms with Crippen LogP contribution in [0.3, 0.4) is 0 Å². The lowest BCUT2D eigenvalue weighted by atomic mass is 10.1. The van der Waals surface area contributed by atoms with Gasteiger partial charge in [-0.05, 0) is 31.5 Å². The van der Waals surface area contributed by atoms with Gasteiger partial charge >= 0.3 is 0 Å². The number of amidine groups is 1. The Morgan fingerprint density at radius 1 is 1.53 bits per heavy atom. The summed E-state index contributed by atoms with van der Waals surface area (Å²) >= 11 is 0. The van der Waals surface area contributed by atoms with Crippen LogP contribution in [0.2, 0.25) is 0 Å². The first-order chi connectivity index (χ1) is 8.01. The van der Waals surface area contributed by atoms with Crippen LogP contribution in [0.1, 0.15) is 25.8 Å². The fraction of sp³-hybridized carbons (Fsp3) is 0.364. The zero-order valence-corrected chi connectivity index (χ0v) is 10.1. The lowest BCUT2D eigenvalue weighted by molar-refractivity contribution is 0.318. The standard InChI is InChI=1S/C11H19N5O/c1-3-7(2)16(14)10-5-4-8(6-9(10)12)11(13)15-17/h4-7,17H,3,12,14H2,1-2H3,(H2,13,15). The van der Waals surface area contributed by atoms with Gasteiger partial charge in [0, 0.05) is 11.6 Å². The van der Waals surface area contributed by atoms with Gasteiger partial charge in [0.1, 0.15) is 0 Å². The highest BCUT2D eigenvalue weighted by Gasteiger charge is 2.12. The van der Waals surface area contributed by atoms with Gasteiger partial charge in [0.2, 0.25) is 0 Å². The van der Waals surface area contributed by atoms with E-state index in [4.69, 9.17) is 22.5 Å². The first-order valence-corrected chi connectivity index (χ1v) is 5.42. The summed E-state index contributed by atoms with van der Waals surface area (Å²) < 4.78 is 0. The summed E-state index contributed by atoms with van der Waals surface area (Å²) in [5.74, 6) is 5.97. The summed E-state index contributed by atoms with van der Waals surface area (Å²) in [4.78, 5) is 0. The van der Waals surface area contributed by atoms with Crippen LogP contribution in [0.15, 0.2) is 23.4 Å². The van der Waals surface area contributed by atoms with E-state index in [1.807, 2.05) is 13.8 Å². The third kappa shape index (κ3) is 2.79. The van der Waals surface area contributed by atoms with E-state index in [-0.39, 0.29) is 11.9 Å².